The maximum atomic E-state index is 11.9. The highest BCUT2D eigenvalue weighted by Crippen LogP contribution is 2.22. The van der Waals surface area contributed by atoms with Crippen LogP contribution in [0.25, 0.3) is 0 Å². The zero-order chi connectivity index (χ0) is 10.8. The summed E-state index contributed by atoms with van der Waals surface area (Å²) in [5.74, 6) is -0.0512. The normalized spacial score (nSPS) is 15.0. The van der Waals surface area contributed by atoms with Crippen molar-refractivity contribution in [3.63, 3.8) is 0 Å². The lowest BCUT2D eigenvalue weighted by Gasteiger charge is -2.26. The topological polar surface area (TPSA) is 37.4 Å². The second kappa shape index (κ2) is 4.14. The number of carbonyl (C=O) groups is 2. The minimum Gasteiger partial charge on any atom is -0.331 e. The number of hydrogen-bond acceptors (Lipinski definition) is 2. The SMILES string of the molecule is O=CCN1CCc2ccc(Br)cc2C1=O. The van der Waals surface area contributed by atoms with Crippen LogP contribution in [0.4, 0.5) is 0 Å². The Morgan fingerprint density at radius 2 is 2.27 bits per heavy atom. The van der Waals surface area contributed by atoms with Gasteiger partial charge in [0, 0.05) is 16.6 Å². The average molecular weight is 268 g/mol. The van der Waals surface area contributed by atoms with Crippen molar-refractivity contribution < 1.29 is 9.59 Å². The third-order valence-corrected chi connectivity index (χ3v) is 3.03. The van der Waals surface area contributed by atoms with Gasteiger partial charge in [-0.15, -0.1) is 0 Å². The van der Waals surface area contributed by atoms with Gasteiger partial charge in [-0.25, -0.2) is 0 Å². The van der Waals surface area contributed by atoms with Gasteiger partial charge in [0.1, 0.15) is 6.29 Å². The Bertz CT molecular complexity index is 417. The van der Waals surface area contributed by atoms with Crippen molar-refractivity contribution in [1.29, 1.82) is 0 Å². The molecule has 0 N–H and O–H groups in total. The molecular weight excluding hydrogens is 258 g/mol. The summed E-state index contributed by atoms with van der Waals surface area (Å²) < 4.78 is 0.891. The molecule has 78 valence electrons. The van der Waals surface area contributed by atoms with E-state index in [0.717, 1.165) is 22.7 Å². The predicted molar refractivity (Wildman–Crippen MR) is 59.8 cm³/mol. The zero-order valence-electron chi connectivity index (χ0n) is 8.07. The van der Waals surface area contributed by atoms with E-state index in [1.54, 1.807) is 4.90 Å². The molecule has 1 aromatic carbocycles. The Hall–Kier alpha value is -1.16. The molecule has 0 spiro atoms. The lowest BCUT2D eigenvalue weighted by atomic mass is 9.99. The number of carbonyl (C=O) groups excluding carboxylic acids is 2. The third kappa shape index (κ3) is 1.95. The first kappa shape index (κ1) is 10.4. The van der Waals surface area contributed by atoms with Gasteiger partial charge < -0.3 is 9.69 Å². The van der Waals surface area contributed by atoms with Crippen molar-refractivity contribution in [1.82, 2.24) is 4.90 Å². The van der Waals surface area contributed by atoms with Crippen LogP contribution in [0.5, 0.6) is 0 Å². The van der Waals surface area contributed by atoms with Gasteiger partial charge in [-0.1, -0.05) is 22.0 Å². The number of aldehydes is 1. The van der Waals surface area contributed by atoms with Crippen LogP contribution in [0.2, 0.25) is 0 Å². The van der Waals surface area contributed by atoms with E-state index < -0.39 is 0 Å². The van der Waals surface area contributed by atoms with Crippen LogP contribution in [0, 0.1) is 0 Å². The van der Waals surface area contributed by atoms with E-state index in [-0.39, 0.29) is 12.5 Å². The number of nitrogens with zero attached hydrogens (tertiary/aromatic N) is 1. The number of halogens is 1. The standard InChI is InChI=1S/C11H10BrNO2/c12-9-2-1-8-3-4-13(5-6-14)11(15)10(8)7-9/h1-2,6-7H,3-5H2. The fourth-order valence-corrected chi connectivity index (χ4v) is 2.12. The summed E-state index contributed by atoms with van der Waals surface area (Å²) in [5, 5.41) is 0. The molecule has 15 heavy (non-hydrogen) atoms. The molecule has 4 heteroatoms. The maximum absolute atomic E-state index is 11.9. The van der Waals surface area contributed by atoms with Crippen molar-refractivity contribution in [3.05, 3.63) is 33.8 Å². The van der Waals surface area contributed by atoms with Crippen LogP contribution in [0.1, 0.15) is 15.9 Å². The van der Waals surface area contributed by atoms with E-state index in [9.17, 15) is 9.59 Å². The van der Waals surface area contributed by atoms with Crippen molar-refractivity contribution in [2.45, 2.75) is 6.42 Å². The fraction of sp³-hybridized carbons (Fsp3) is 0.273. The second-order valence-electron chi connectivity index (χ2n) is 3.47. The summed E-state index contributed by atoms with van der Waals surface area (Å²) in [6.07, 6.45) is 1.59. The minimum absolute atomic E-state index is 0.0512. The van der Waals surface area contributed by atoms with E-state index in [2.05, 4.69) is 15.9 Å². The van der Waals surface area contributed by atoms with E-state index in [1.165, 1.54) is 0 Å². The zero-order valence-corrected chi connectivity index (χ0v) is 9.66. The van der Waals surface area contributed by atoms with Gasteiger partial charge in [-0.2, -0.15) is 0 Å². The van der Waals surface area contributed by atoms with Crippen LogP contribution < -0.4 is 0 Å². The molecule has 1 amide bonds. The summed E-state index contributed by atoms with van der Waals surface area (Å²) in [5.41, 5.74) is 1.77. The predicted octanol–water partition coefficient (Wildman–Crippen LogP) is 1.65. The highest BCUT2D eigenvalue weighted by molar-refractivity contribution is 9.10. The number of fused-ring (bicyclic) bond motifs is 1. The molecule has 0 aliphatic carbocycles. The van der Waals surface area contributed by atoms with Crippen LogP contribution in [0.3, 0.4) is 0 Å². The molecule has 1 aliphatic rings. The Balaban J connectivity index is 2.36. The van der Waals surface area contributed by atoms with Crippen molar-refractivity contribution in [3.8, 4) is 0 Å². The first-order valence-corrected chi connectivity index (χ1v) is 5.53. The van der Waals surface area contributed by atoms with Crippen molar-refractivity contribution >= 4 is 28.1 Å². The van der Waals surface area contributed by atoms with E-state index >= 15 is 0 Å². The van der Waals surface area contributed by atoms with Gasteiger partial charge in [0.15, 0.2) is 0 Å². The molecule has 0 saturated heterocycles. The molecule has 1 aromatic rings. The Kier molecular flexibility index (Phi) is 2.86. The molecule has 0 fully saturated rings. The van der Waals surface area contributed by atoms with Gasteiger partial charge in [-0.3, -0.25) is 4.79 Å². The highest BCUT2D eigenvalue weighted by atomic mass is 79.9. The largest absolute Gasteiger partial charge is 0.331 e. The Labute approximate surface area is 96.2 Å². The number of amides is 1. The number of benzene rings is 1. The molecule has 0 saturated carbocycles. The lowest BCUT2D eigenvalue weighted by Crippen LogP contribution is -2.38. The van der Waals surface area contributed by atoms with E-state index in [4.69, 9.17) is 0 Å². The molecule has 0 atom stereocenters. The lowest BCUT2D eigenvalue weighted by molar-refractivity contribution is -0.108. The monoisotopic (exact) mass is 267 g/mol. The summed E-state index contributed by atoms with van der Waals surface area (Å²) in [6, 6.07) is 5.70. The highest BCUT2D eigenvalue weighted by Gasteiger charge is 2.23. The Morgan fingerprint density at radius 1 is 1.47 bits per heavy atom. The number of rotatable bonds is 2. The van der Waals surface area contributed by atoms with Crippen molar-refractivity contribution in [2.24, 2.45) is 0 Å². The molecule has 0 bridgehead atoms. The third-order valence-electron chi connectivity index (χ3n) is 2.54. The maximum Gasteiger partial charge on any atom is 0.254 e. The summed E-state index contributed by atoms with van der Waals surface area (Å²) in [4.78, 5) is 23.9. The number of hydrogen-bond donors (Lipinski definition) is 0. The second-order valence-corrected chi connectivity index (χ2v) is 4.38. The smallest absolute Gasteiger partial charge is 0.254 e. The first-order chi connectivity index (χ1) is 7.22. The van der Waals surface area contributed by atoms with Gasteiger partial charge in [0.05, 0.1) is 6.54 Å². The molecule has 2 rings (SSSR count). The van der Waals surface area contributed by atoms with Crippen LogP contribution in [-0.4, -0.2) is 30.2 Å². The van der Waals surface area contributed by atoms with Crippen LogP contribution in [-0.2, 0) is 11.2 Å². The van der Waals surface area contributed by atoms with Crippen LogP contribution in [0.15, 0.2) is 22.7 Å². The molecular formula is C11H10BrNO2. The summed E-state index contributed by atoms with van der Waals surface area (Å²) in [6.45, 7) is 0.816. The first-order valence-electron chi connectivity index (χ1n) is 4.73. The average Bonchev–Trinajstić information content (AvgIpc) is 2.23. The van der Waals surface area contributed by atoms with Gasteiger partial charge in [0.25, 0.3) is 5.91 Å². The Morgan fingerprint density at radius 3 is 3.00 bits per heavy atom. The molecule has 0 radical (unpaired) electrons. The quantitative estimate of drug-likeness (QED) is 0.765. The van der Waals surface area contributed by atoms with Crippen LogP contribution >= 0.6 is 15.9 Å². The molecule has 0 unspecified atom stereocenters. The molecule has 0 aromatic heterocycles. The summed E-state index contributed by atoms with van der Waals surface area (Å²) >= 11 is 3.34. The minimum atomic E-state index is -0.0512. The van der Waals surface area contributed by atoms with Crippen molar-refractivity contribution in [2.75, 3.05) is 13.1 Å². The molecule has 3 nitrogen and oxygen atoms in total. The fourth-order valence-electron chi connectivity index (χ4n) is 1.76. The van der Waals surface area contributed by atoms with Gasteiger partial charge in [0.2, 0.25) is 0 Å². The summed E-state index contributed by atoms with van der Waals surface area (Å²) in [7, 11) is 0. The van der Waals surface area contributed by atoms with Gasteiger partial charge in [-0.05, 0) is 24.1 Å². The molecule has 1 heterocycles. The molecule has 1 aliphatic heterocycles. The van der Waals surface area contributed by atoms with E-state index in [1.807, 2.05) is 18.2 Å². The van der Waals surface area contributed by atoms with Gasteiger partial charge >= 0.3 is 0 Å². The van der Waals surface area contributed by atoms with E-state index in [0.29, 0.717) is 12.1 Å².